The summed E-state index contributed by atoms with van der Waals surface area (Å²) in [7, 11) is 1.34. The molecule has 296 valence electrons. The molecule has 1 N–H and O–H groups in total. The molecule has 0 bridgehead atoms. The summed E-state index contributed by atoms with van der Waals surface area (Å²) in [5.74, 6) is -0.400. The lowest BCUT2D eigenvalue weighted by Gasteiger charge is -2.35. The number of benzene rings is 2. The number of piperidine rings is 2. The maximum atomic E-state index is 12.2. The summed E-state index contributed by atoms with van der Waals surface area (Å²) in [4.78, 5) is 46.9. The van der Waals surface area contributed by atoms with Crippen LogP contribution in [0.1, 0.15) is 115 Å². The van der Waals surface area contributed by atoms with Gasteiger partial charge in [0.2, 0.25) is 0 Å². The molecule has 0 unspecified atom stereocenters. The number of aliphatic hydroxyl groups excluding tert-OH is 1. The van der Waals surface area contributed by atoms with Gasteiger partial charge in [0.05, 0.1) is 19.3 Å². The normalized spacial score (nSPS) is 17.4. The van der Waals surface area contributed by atoms with E-state index in [1.54, 1.807) is 34.1 Å². The number of rotatable bonds is 4. The Balaban J connectivity index is 0.000000325. The molecule has 2 aromatic rings. The van der Waals surface area contributed by atoms with Crippen molar-refractivity contribution in [3.05, 3.63) is 93.6 Å². The molecule has 0 radical (unpaired) electrons. The zero-order chi connectivity index (χ0) is 39.3. The zero-order valence-electron chi connectivity index (χ0n) is 32.4. The third kappa shape index (κ3) is 13.0. The van der Waals surface area contributed by atoms with Gasteiger partial charge in [0.25, 0.3) is 11.1 Å². The predicted octanol–water partition coefficient (Wildman–Crippen LogP) is 8.38. The number of nitrogens with zero attached hydrogens (tertiary/aromatic N) is 4. The Morgan fingerprint density at radius 1 is 0.722 bits per heavy atom. The molecule has 0 saturated carbocycles. The lowest BCUT2D eigenvalue weighted by Crippen LogP contribution is -2.45. The van der Waals surface area contributed by atoms with Gasteiger partial charge in [-0.25, -0.2) is 27.5 Å². The van der Waals surface area contributed by atoms with E-state index >= 15 is 0 Å². The number of esters is 1. The number of ether oxygens (including phenoxy) is 4. The quantitative estimate of drug-likeness (QED) is 0.188. The monoisotopic (exact) mass is 748 g/mol. The van der Waals surface area contributed by atoms with E-state index in [1.807, 2.05) is 65.8 Å². The average Bonchev–Trinajstić information content (AvgIpc) is 3.74. The fourth-order valence-electron chi connectivity index (χ4n) is 6.17. The molecule has 5 rings (SSSR count). The molecular formula is C42H60N4O8. The summed E-state index contributed by atoms with van der Waals surface area (Å²) < 4.78 is 20.4. The third-order valence-electron chi connectivity index (χ3n) is 9.26. The van der Waals surface area contributed by atoms with Gasteiger partial charge in [0, 0.05) is 76.2 Å². The summed E-state index contributed by atoms with van der Waals surface area (Å²) in [6.45, 7) is 30.3. The first-order chi connectivity index (χ1) is 25.0. The smallest absolute Gasteiger partial charge is 0.410 e. The minimum atomic E-state index is -0.673. The molecule has 3 aliphatic rings. The van der Waals surface area contributed by atoms with Crippen LogP contribution in [0.5, 0.6) is 0 Å². The van der Waals surface area contributed by atoms with Crippen molar-refractivity contribution in [2.75, 3.05) is 46.5 Å². The van der Waals surface area contributed by atoms with E-state index in [4.69, 9.17) is 37.2 Å². The van der Waals surface area contributed by atoms with E-state index in [1.165, 1.54) is 20.0 Å². The van der Waals surface area contributed by atoms with Crippen LogP contribution in [0.4, 0.5) is 9.59 Å². The summed E-state index contributed by atoms with van der Waals surface area (Å²) >= 11 is 0. The molecule has 12 nitrogen and oxygen atoms in total. The van der Waals surface area contributed by atoms with Crippen LogP contribution < -0.4 is 0 Å². The Bertz CT molecular complexity index is 1570. The van der Waals surface area contributed by atoms with Crippen LogP contribution in [0.25, 0.3) is 9.69 Å². The second-order valence-corrected chi connectivity index (χ2v) is 15.5. The number of amides is 2. The first-order valence-electron chi connectivity index (χ1n) is 18.2. The highest BCUT2D eigenvalue weighted by Gasteiger charge is 2.45. The van der Waals surface area contributed by atoms with Crippen molar-refractivity contribution in [2.45, 2.75) is 116 Å². The Morgan fingerprint density at radius 3 is 1.37 bits per heavy atom. The van der Waals surface area contributed by atoms with Crippen molar-refractivity contribution >= 4 is 18.2 Å². The molecule has 3 saturated heterocycles. The first kappa shape index (κ1) is 45.5. The van der Waals surface area contributed by atoms with Gasteiger partial charge in [-0.2, -0.15) is 0 Å². The predicted molar refractivity (Wildman–Crippen MR) is 208 cm³/mol. The Labute approximate surface area is 322 Å². The van der Waals surface area contributed by atoms with Crippen LogP contribution in [0.15, 0.2) is 48.5 Å². The number of hydrogen-bond donors (Lipinski definition) is 1. The van der Waals surface area contributed by atoms with Crippen molar-refractivity contribution in [1.29, 1.82) is 0 Å². The molecule has 0 atom stereocenters. The molecule has 0 aliphatic carbocycles. The highest BCUT2D eigenvalue weighted by atomic mass is 16.6. The lowest BCUT2D eigenvalue weighted by atomic mass is 9.81. The zero-order valence-corrected chi connectivity index (χ0v) is 32.4. The van der Waals surface area contributed by atoms with Crippen LogP contribution >= 0.6 is 0 Å². The fraction of sp³-hybridized carbons (Fsp3) is 0.595. The molecule has 3 fully saturated rings. The van der Waals surface area contributed by atoms with Crippen LogP contribution in [-0.4, -0.2) is 90.8 Å². The standard InChI is InChI=1S/C19H24N2O4.C18H24N2O3.C4H8O.CH4/c1-18(2,3)25-17(23)21-12-10-19(20-4,11-13-21)15-8-6-14(7-9-15)16(22)24-5;1-17(2,3)23-16(22)20-11-9-18(19-4,10-12-20)15-7-5-14(13-21)6-8-15;1-2-4-5-3-1;/h6-9H,10-13H2,1-3,5H3;5-8,21H,9-13H2,1-3H3;1-4H2;1H4. The minimum absolute atomic E-state index is 0. The molecule has 2 amide bonds. The maximum Gasteiger partial charge on any atom is 0.410 e. The van der Waals surface area contributed by atoms with E-state index in [-0.39, 0.29) is 26.2 Å². The highest BCUT2D eigenvalue weighted by Crippen LogP contribution is 2.39. The minimum Gasteiger partial charge on any atom is -0.465 e. The second kappa shape index (κ2) is 20.1. The Kier molecular flexibility index (Phi) is 17.0. The third-order valence-corrected chi connectivity index (χ3v) is 9.26. The topological polar surface area (TPSA) is 124 Å². The van der Waals surface area contributed by atoms with Gasteiger partial charge in [-0.05, 0) is 72.1 Å². The van der Waals surface area contributed by atoms with Gasteiger partial charge in [-0.3, -0.25) is 0 Å². The molecule has 2 aromatic carbocycles. The van der Waals surface area contributed by atoms with Crippen molar-refractivity contribution in [3.63, 3.8) is 0 Å². The van der Waals surface area contributed by atoms with Crippen molar-refractivity contribution in [3.8, 4) is 0 Å². The van der Waals surface area contributed by atoms with Crippen molar-refractivity contribution < 1.29 is 38.4 Å². The number of carbonyl (C=O) groups excluding carboxylic acids is 3. The van der Waals surface area contributed by atoms with E-state index in [9.17, 15) is 14.4 Å². The number of likely N-dealkylation sites (tertiary alicyclic amines) is 2. The summed E-state index contributed by atoms with van der Waals surface area (Å²) in [5.41, 5.74) is 0.797. The average molecular weight is 749 g/mol. The van der Waals surface area contributed by atoms with E-state index in [0.717, 1.165) is 29.9 Å². The van der Waals surface area contributed by atoms with Crippen LogP contribution in [0.3, 0.4) is 0 Å². The first-order valence-corrected chi connectivity index (χ1v) is 18.2. The van der Waals surface area contributed by atoms with E-state index in [2.05, 4.69) is 9.69 Å². The number of methoxy groups -OCH3 is 1. The van der Waals surface area contributed by atoms with Gasteiger partial charge in [0.15, 0.2) is 0 Å². The summed E-state index contributed by atoms with van der Waals surface area (Å²) in [6, 6.07) is 14.5. The van der Waals surface area contributed by atoms with Crippen LogP contribution in [-0.2, 0) is 36.6 Å². The molecule has 3 aliphatic heterocycles. The van der Waals surface area contributed by atoms with E-state index in [0.29, 0.717) is 57.4 Å². The van der Waals surface area contributed by atoms with Crippen molar-refractivity contribution in [2.24, 2.45) is 0 Å². The van der Waals surface area contributed by atoms with Crippen LogP contribution in [0.2, 0.25) is 0 Å². The highest BCUT2D eigenvalue weighted by molar-refractivity contribution is 5.89. The molecular weight excluding hydrogens is 688 g/mol. The van der Waals surface area contributed by atoms with Gasteiger partial charge in [0.1, 0.15) is 11.2 Å². The molecule has 0 aromatic heterocycles. The number of hydrogen-bond acceptors (Lipinski definition) is 8. The second-order valence-electron chi connectivity index (χ2n) is 15.5. The largest absolute Gasteiger partial charge is 0.465 e. The Hall–Kier alpha value is -4.65. The summed E-state index contributed by atoms with van der Waals surface area (Å²) in [5, 5.41) is 9.13. The van der Waals surface area contributed by atoms with E-state index < -0.39 is 28.2 Å². The SMILES string of the molecule is C.C1CCOC1.[C-]#[N+]C1(c2ccc(C(=O)OC)cc2)CCN(C(=O)OC(C)(C)C)CC1.[C-]#[N+]C1(c2ccc(CO)cc2)CCN(C(=O)OC(C)(C)C)CC1. The van der Waals surface area contributed by atoms with Gasteiger partial charge >= 0.3 is 18.2 Å². The fourth-order valence-corrected chi connectivity index (χ4v) is 6.17. The molecule has 54 heavy (non-hydrogen) atoms. The molecule has 3 heterocycles. The van der Waals surface area contributed by atoms with Crippen LogP contribution in [0, 0.1) is 13.1 Å². The summed E-state index contributed by atoms with van der Waals surface area (Å²) in [6.07, 6.45) is 4.15. The lowest BCUT2D eigenvalue weighted by molar-refractivity contribution is 0.0171. The van der Waals surface area contributed by atoms with Gasteiger partial charge < -0.3 is 43.5 Å². The van der Waals surface area contributed by atoms with Gasteiger partial charge in [-0.15, -0.1) is 0 Å². The number of carbonyl (C=O) groups is 3. The van der Waals surface area contributed by atoms with Crippen molar-refractivity contribution in [1.82, 2.24) is 9.80 Å². The Morgan fingerprint density at radius 2 is 1.09 bits per heavy atom. The molecule has 0 spiro atoms. The number of aliphatic hydroxyl groups is 1. The molecule has 12 heteroatoms. The van der Waals surface area contributed by atoms with Gasteiger partial charge in [-0.1, -0.05) is 43.8 Å². The maximum absolute atomic E-state index is 12.2.